The molecule has 1 unspecified atom stereocenters. The molecule has 2 aromatic rings. The van der Waals surface area contributed by atoms with E-state index in [1.807, 2.05) is 18.2 Å². The molecule has 116 valence electrons. The molecule has 1 aliphatic rings. The fourth-order valence-electron chi connectivity index (χ4n) is 3.50. The Balaban J connectivity index is 2.29. The molecule has 0 radical (unpaired) electrons. The number of nitrogens with zero attached hydrogens (tertiary/aromatic N) is 2. The molecule has 0 saturated heterocycles. The van der Waals surface area contributed by atoms with E-state index in [0.29, 0.717) is 10.3 Å². The van der Waals surface area contributed by atoms with E-state index in [4.69, 9.17) is 0 Å². The fourth-order valence-corrected chi connectivity index (χ4v) is 4.33. The van der Waals surface area contributed by atoms with Gasteiger partial charge in [-0.05, 0) is 27.9 Å². The third-order valence-corrected chi connectivity index (χ3v) is 5.30. The Labute approximate surface area is 130 Å². The Hall–Kier alpha value is -1.95. The van der Waals surface area contributed by atoms with Crippen molar-refractivity contribution in [3.05, 3.63) is 58.7 Å². The van der Waals surface area contributed by atoms with Crippen LogP contribution in [0.4, 0.5) is 0 Å². The minimum absolute atomic E-state index is 0.00521. The highest BCUT2D eigenvalue weighted by Crippen LogP contribution is 2.50. The Kier molecular flexibility index (Phi) is 3.25. The summed E-state index contributed by atoms with van der Waals surface area (Å²) in [6, 6.07) is 7.97. The third kappa shape index (κ3) is 2.37. The molecule has 0 saturated carbocycles. The van der Waals surface area contributed by atoms with Gasteiger partial charge in [0, 0.05) is 12.2 Å². The second kappa shape index (κ2) is 4.78. The van der Waals surface area contributed by atoms with Gasteiger partial charge in [-0.2, -0.15) is 0 Å². The maximum absolute atomic E-state index is 12.1. The van der Waals surface area contributed by atoms with Gasteiger partial charge in [-0.1, -0.05) is 38.1 Å². The van der Waals surface area contributed by atoms with Gasteiger partial charge in [-0.15, -0.1) is 0 Å². The Morgan fingerprint density at radius 3 is 2.64 bits per heavy atom. The van der Waals surface area contributed by atoms with Crippen LogP contribution < -0.4 is 4.73 Å². The molecule has 0 amide bonds. The van der Waals surface area contributed by atoms with Gasteiger partial charge in [-0.3, -0.25) is 0 Å². The van der Waals surface area contributed by atoms with E-state index >= 15 is 0 Å². The normalized spacial score (nSPS) is 19.9. The maximum atomic E-state index is 12.1. The molecular formula is C16H18N2O3S. The van der Waals surface area contributed by atoms with Gasteiger partial charge in [0.25, 0.3) is 11.4 Å². The predicted molar refractivity (Wildman–Crippen MR) is 82.1 cm³/mol. The second-order valence-corrected chi connectivity index (χ2v) is 8.49. The van der Waals surface area contributed by atoms with Crippen molar-refractivity contribution in [2.75, 3.05) is 6.26 Å². The lowest BCUT2D eigenvalue weighted by atomic mass is 9.76. The Bertz CT molecular complexity index is 844. The molecule has 0 bridgehead atoms. The largest absolute Gasteiger partial charge is 0.711 e. The molecule has 3 rings (SSSR count). The summed E-state index contributed by atoms with van der Waals surface area (Å²) in [5.41, 5.74) is 2.57. The molecule has 0 N–H and O–H groups in total. The topological polar surface area (TPSA) is 74.0 Å². The molecule has 0 fully saturated rings. The smallest absolute Gasteiger partial charge is 0.290 e. The van der Waals surface area contributed by atoms with Crippen LogP contribution in [-0.2, 0) is 16.3 Å². The molecule has 5 nitrogen and oxygen atoms in total. The zero-order valence-corrected chi connectivity index (χ0v) is 13.6. The minimum atomic E-state index is -3.50. The standard InChI is InChI=1S/C16H18N2O3S/c1-16(2)8-11-6-4-5-7-12(11)14(16)13-9-18(19)10-17-15(13)22(3,20)21/h4-7,9-10,14H,8H2,1-3H3. The Morgan fingerprint density at radius 1 is 1.27 bits per heavy atom. The summed E-state index contributed by atoms with van der Waals surface area (Å²) in [5, 5.41) is 11.7. The van der Waals surface area contributed by atoms with Gasteiger partial charge < -0.3 is 5.21 Å². The van der Waals surface area contributed by atoms with Crippen LogP contribution in [0.3, 0.4) is 0 Å². The summed E-state index contributed by atoms with van der Waals surface area (Å²) in [6.07, 6.45) is 4.30. The van der Waals surface area contributed by atoms with Gasteiger partial charge in [-0.25, -0.2) is 13.1 Å². The predicted octanol–water partition coefficient (Wildman–Crippen LogP) is 1.83. The number of fused-ring (bicyclic) bond motifs is 1. The summed E-state index contributed by atoms with van der Waals surface area (Å²) in [7, 11) is -3.50. The van der Waals surface area contributed by atoms with Crippen molar-refractivity contribution < 1.29 is 13.1 Å². The first-order chi connectivity index (χ1) is 10.2. The fraction of sp³-hybridized carbons (Fsp3) is 0.375. The number of sulfone groups is 1. The molecule has 1 atom stereocenters. The first-order valence-electron chi connectivity index (χ1n) is 7.07. The van der Waals surface area contributed by atoms with Crippen molar-refractivity contribution in [1.29, 1.82) is 0 Å². The Morgan fingerprint density at radius 2 is 1.95 bits per heavy atom. The average Bonchev–Trinajstić information content (AvgIpc) is 2.66. The van der Waals surface area contributed by atoms with Gasteiger partial charge in [0.2, 0.25) is 9.84 Å². The first-order valence-corrected chi connectivity index (χ1v) is 8.96. The lowest BCUT2D eigenvalue weighted by Gasteiger charge is -2.27. The summed E-state index contributed by atoms with van der Waals surface area (Å²) in [5.74, 6) is -0.165. The highest BCUT2D eigenvalue weighted by Gasteiger charge is 2.43. The number of hydrogen-bond donors (Lipinski definition) is 0. The monoisotopic (exact) mass is 318 g/mol. The van der Waals surface area contributed by atoms with Crippen LogP contribution in [0.1, 0.15) is 36.5 Å². The van der Waals surface area contributed by atoms with E-state index in [9.17, 15) is 13.6 Å². The van der Waals surface area contributed by atoms with Crippen LogP contribution in [0.5, 0.6) is 0 Å². The molecular weight excluding hydrogens is 300 g/mol. The zero-order valence-electron chi connectivity index (χ0n) is 12.8. The van der Waals surface area contributed by atoms with E-state index in [1.54, 1.807) is 0 Å². The van der Waals surface area contributed by atoms with Gasteiger partial charge in [0.05, 0.1) is 5.56 Å². The summed E-state index contributed by atoms with van der Waals surface area (Å²) in [4.78, 5) is 3.90. The van der Waals surface area contributed by atoms with E-state index < -0.39 is 9.84 Å². The third-order valence-electron chi connectivity index (χ3n) is 4.26. The number of aromatic nitrogens is 2. The molecule has 0 aliphatic heterocycles. The quantitative estimate of drug-likeness (QED) is 0.481. The molecule has 6 heteroatoms. The van der Waals surface area contributed by atoms with Crippen molar-refractivity contribution in [2.45, 2.75) is 31.2 Å². The SMILES string of the molecule is CC1(C)Cc2ccccc2C1c1c[n+]([O-])cnc1S(C)(=O)=O. The summed E-state index contributed by atoms with van der Waals surface area (Å²) >= 11 is 0. The number of rotatable bonds is 2. The molecule has 1 aromatic heterocycles. The van der Waals surface area contributed by atoms with E-state index in [-0.39, 0.29) is 16.4 Å². The van der Waals surface area contributed by atoms with Crippen molar-refractivity contribution in [2.24, 2.45) is 5.41 Å². The molecule has 0 spiro atoms. The lowest BCUT2D eigenvalue weighted by Crippen LogP contribution is -2.31. The van der Waals surface area contributed by atoms with Crippen LogP contribution in [0, 0.1) is 10.6 Å². The van der Waals surface area contributed by atoms with Gasteiger partial charge >= 0.3 is 0 Å². The van der Waals surface area contributed by atoms with Crippen LogP contribution in [0.2, 0.25) is 0 Å². The van der Waals surface area contributed by atoms with Crippen LogP contribution in [0.15, 0.2) is 41.8 Å². The second-order valence-electron chi connectivity index (χ2n) is 6.56. The van der Waals surface area contributed by atoms with E-state index in [2.05, 4.69) is 24.9 Å². The maximum Gasteiger partial charge on any atom is 0.290 e. The highest BCUT2D eigenvalue weighted by molar-refractivity contribution is 7.90. The number of hydrogen-bond acceptors (Lipinski definition) is 4. The van der Waals surface area contributed by atoms with Gasteiger partial charge in [0.1, 0.15) is 6.20 Å². The molecule has 22 heavy (non-hydrogen) atoms. The molecule has 1 aromatic carbocycles. The van der Waals surface area contributed by atoms with Crippen molar-refractivity contribution in [3.63, 3.8) is 0 Å². The van der Waals surface area contributed by atoms with Crippen LogP contribution in [-0.4, -0.2) is 19.7 Å². The zero-order chi connectivity index (χ0) is 16.1. The highest BCUT2D eigenvalue weighted by atomic mass is 32.2. The summed E-state index contributed by atoms with van der Waals surface area (Å²) in [6.45, 7) is 4.18. The molecule has 1 aliphatic carbocycles. The number of benzene rings is 1. The first kappa shape index (κ1) is 15.0. The molecule has 1 heterocycles. The summed E-state index contributed by atoms with van der Waals surface area (Å²) < 4.78 is 24.7. The van der Waals surface area contributed by atoms with Crippen LogP contribution >= 0.6 is 0 Å². The van der Waals surface area contributed by atoms with Gasteiger partial charge in [0.15, 0.2) is 0 Å². The van der Waals surface area contributed by atoms with Crippen LogP contribution in [0.25, 0.3) is 0 Å². The van der Waals surface area contributed by atoms with Crippen molar-refractivity contribution in [3.8, 4) is 0 Å². The van der Waals surface area contributed by atoms with Crippen molar-refractivity contribution in [1.82, 2.24) is 4.98 Å². The average molecular weight is 318 g/mol. The minimum Gasteiger partial charge on any atom is -0.711 e. The van der Waals surface area contributed by atoms with E-state index in [0.717, 1.165) is 24.6 Å². The van der Waals surface area contributed by atoms with E-state index in [1.165, 1.54) is 11.8 Å². The lowest BCUT2D eigenvalue weighted by molar-refractivity contribution is -0.610. The van der Waals surface area contributed by atoms with Crippen molar-refractivity contribution >= 4 is 9.84 Å².